The first kappa shape index (κ1) is 24.6. The Hall–Kier alpha value is -2.40. The lowest BCUT2D eigenvalue weighted by Crippen LogP contribution is -2.62. The van der Waals surface area contributed by atoms with Crippen molar-refractivity contribution in [1.82, 2.24) is 0 Å². The van der Waals surface area contributed by atoms with Crippen molar-refractivity contribution in [3.05, 3.63) is 0 Å². The monoisotopic (exact) mass is 438 g/mol. The van der Waals surface area contributed by atoms with Crippen molar-refractivity contribution in [2.24, 2.45) is 0 Å². The van der Waals surface area contributed by atoms with Crippen LogP contribution in [0.4, 0.5) is 0 Å². The predicted octanol–water partition coefficient (Wildman–Crippen LogP) is 0.242. The van der Waals surface area contributed by atoms with E-state index in [1.807, 2.05) is 0 Å². The molecule has 0 spiro atoms. The SMILES string of the molecule is COC(=O)C1(Cl)C[C@@H](OC(C)=O)[C@@H](OC(C)=O)[C@H]([C@@H](COC(C)=O)OC(C)=O)O1. The minimum absolute atomic E-state index is 0.421. The van der Waals surface area contributed by atoms with Crippen LogP contribution >= 0.6 is 11.6 Å². The zero-order valence-corrected chi connectivity index (χ0v) is 17.3. The molecule has 1 heterocycles. The summed E-state index contributed by atoms with van der Waals surface area (Å²) < 4.78 is 30.6. The molecule has 0 radical (unpaired) electrons. The smallest absolute Gasteiger partial charge is 0.354 e. The molecule has 0 bridgehead atoms. The maximum atomic E-state index is 12.2. The Morgan fingerprint density at radius 2 is 1.59 bits per heavy atom. The van der Waals surface area contributed by atoms with E-state index >= 15 is 0 Å². The molecule has 12 heteroatoms. The fourth-order valence-corrected chi connectivity index (χ4v) is 3.09. The third kappa shape index (κ3) is 7.17. The Bertz CT molecular complexity index is 664. The lowest BCUT2D eigenvalue weighted by atomic mass is 9.93. The molecule has 0 N–H and O–H groups in total. The molecule has 1 rings (SSSR count). The molecule has 0 aromatic carbocycles. The van der Waals surface area contributed by atoms with Crippen LogP contribution in [0, 0.1) is 0 Å². The Morgan fingerprint density at radius 3 is 2.03 bits per heavy atom. The molecule has 1 saturated heterocycles. The summed E-state index contributed by atoms with van der Waals surface area (Å²) in [7, 11) is 1.06. The summed E-state index contributed by atoms with van der Waals surface area (Å²) in [5, 5.41) is -2.15. The van der Waals surface area contributed by atoms with Gasteiger partial charge in [0.2, 0.25) is 5.06 Å². The van der Waals surface area contributed by atoms with E-state index in [1.54, 1.807) is 0 Å². The third-order valence-electron chi connectivity index (χ3n) is 3.72. The standard InChI is InChI=1S/C17H23ClO11/c1-8(19)25-7-13(27-10(3)21)15-14(28-11(4)22)12(26-9(2)20)6-17(18,29-15)16(23)24-5/h12-15H,6-7H2,1-5H3/t12-,13-,14-,15+,17?/m1/s1. The summed E-state index contributed by atoms with van der Waals surface area (Å²) in [6.07, 6.45) is -5.77. The van der Waals surface area contributed by atoms with Gasteiger partial charge in [-0.2, -0.15) is 0 Å². The number of halogens is 1. The molecule has 1 fully saturated rings. The quantitative estimate of drug-likeness (QED) is 0.306. The highest BCUT2D eigenvalue weighted by Gasteiger charge is 2.57. The second-order valence-electron chi connectivity index (χ2n) is 6.18. The first-order valence-corrected chi connectivity index (χ1v) is 8.87. The number of methoxy groups -OCH3 is 1. The van der Waals surface area contributed by atoms with Crippen molar-refractivity contribution >= 4 is 41.4 Å². The second kappa shape index (κ2) is 10.4. The highest BCUT2D eigenvalue weighted by molar-refractivity contribution is 6.32. The van der Waals surface area contributed by atoms with Gasteiger partial charge < -0.3 is 28.4 Å². The zero-order chi connectivity index (χ0) is 22.4. The fourth-order valence-electron chi connectivity index (χ4n) is 2.75. The van der Waals surface area contributed by atoms with Gasteiger partial charge in [-0.05, 0) is 0 Å². The maximum Gasteiger partial charge on any atom is 0.354 e. The molecule has 1 aliphatic rings. The zero-order valence-electron chi connectivity index (χ0n) is 16.6. The van der Waals surface area contributed by atoms with Crippen LogP contribution in [0.5, 0.6) is 0 Å². The van der Waals surface area contributed by atoms with Crippen LogP contribution in [0.1, 0.15) is 34.1 Å². The molecule has 0 aromatic heterocycles. The predicted molar refractivity (Wildman–Crippen MR) is 93.4 cm³/mol. The molecule has 5 atom stereocenters. The number of ether oxygens (including phenoxy) is 6. The molecule has 11 nitrogen and oxygen atoms in total. The van der Waals surface area contributed by atoms with Crippen LogP contribution in [0.2, 0.25) is 0 Å². The van der Waals surface area contributed by atoms with E-state index in [9.17, 15) is 24.0 Å². The number of esters is 5. The number of carbonyl (C=O) groups excluding carboxylic acids is 5. The van der Waals surface area contributed by atoms with Crippen molar-refractivity contribution in [2.45, 2.75) is 63.6 Å². The minimum atomic E-state index is -2.15. The summed E-state index contributed by atoms with van der Waals surface area (Å²) in [5.74, 6) is -4.00. The number of alkyl halides is 1. The van der Waals surface area contributed by atoms with Crippen LogP contribution < -0.4 is 0 Å². The molecular formula is C17H23ClO11. The van der Waals surface area contributed by atoms with Gasteiger partial charge in [0.15, 0.2) is 12.2 Å². The van der Waals surface area contributed by atoms with Crippen molar-refractivity contribution in [2.75, 3.05) is 13.7 Å². The van der Waals surface area contributed by atoms with Crippen LogP contribution in [-0.4, -0.2) is 73.0 Å². The number of rotatable bonds is 7. The fraction of sp³-hybridized carbons (Fsp3) is 0.706. The van der Waals surface area contributed by atoms with Gasteiger partial charge in [-0.3, -0.25) is 19.2 Å². The molecule has 1 unspecified atom stereocenters. The van der Waals surface area contributed by atoms with Crippen LogP contribution in [0.15, 0.2) is 0 Å². The average Bonchev–Trinajstić information content (AvgIpc) is 2.58. The van der Waals surface area contributed by atoms with Gasteiger partial charge in [0.05, 0.1) is 7.11 Å². The molecular weight excluding hydrogens is 416 g/mol. The highest BCUT2D eigenvalue weighted by atomic mass is 35.5. The first-order chi connectivity index (χ1) is 13.4. The van der Waals surface area contributed by atoms with Crippen molar-refractivity contribution < 1.29 is 52.4 Å². The molecule has 0 aliphatic carbocycles. The summed E-state index contributed by atoms with van der Waals surface area (Å²) >= 11 is 6.27. The van der Waals surface area contributed by atoms with E-state index in [2.05, 4.69) is 4.74 Å². The maximum absolute atomic E-state index is 12.2. The van der Waals surface area contributed by atoms with E-state index in [1.165, 1.54) is 0 Å². The van der Waals surface area contributed by atoms with Crippen LogP contribution in [-0.2, 0) is 52.4 Å². The van der Waals surface area contributed by atoms with Gasteiger partial charge in [0, 0.05) is 34.1 Å². The summed E-state index contributed by atoms with van der Waals surface area (Å²) in [6.45, 7) is 3.90. The molecule has 164 valence electrons. The Balaban J connectivity index is 3.40. The summed E-state index contributed by atoms with van der Waals surface area (Å²) in [5.41, 5.74) is 0. The van der Waals surface area contributed by atoms with Crippen LogP contribution in [0.25, 0.3) is 0 Å². The van der Waals surface area contributed by atoms with E-state index in [0.717, 1.165) is 34.8 Å². The van der Waals surface area contributed by atoms with E-state index in [-0.39, 0.29) is 0 Å². The molecule has 1 aliphatic heterocycles. The lowest BCUT2D eigenvalue weighted by molar-refractivity contribution is -0.243. The van der Waals surface area contributed by atoms with E-state index < -0.39 is 72.4 Å². The number of hydrogen-bond donors (Lipinski definition) is 0. The molecule has 0 saturated carbocycles. The van der Waals surface area contributed by atoms with Gasteiger partial charge in [0.25, 0.3) is 0 Å². The third-order valence-corrected chi connectivity index (χ3v) is 4.12. The second-order valence-corrected chi connectivity index (χ2v) is 6.79. The van der Waals surface area contributed by atoms with Crippen molar-refractivity contribution in [3.8, 4) is 0 Å². The summed E-state index contributed by atoms with van der Waals surface area (Å²) in [6, 6.07) is 0. The number of hydrogen-bond acceptors (Lipinski definition) is 11. The van der Waals surface area contributed by atoms with Gasteiger partial charge in [-0.15, -0.1) is 0 Å². The molecule has 0 amide bonds. The summed E-state index contributed by atoms with van der Waals surface area (Å²) in [4.78, 5) is 58.1. The van der Waals surface area contributed by atoms with Crippen LogP contribution in [0.3, 0.4) is 0 Å². The van der Waals surface area contributed by atoms with Crippen molar-refractivity contribution in [3.63, 3.8) is 0 Å². The Labute approximate surface area is 171 Å². The molecule has 29 heavy (non-hydrogen) atoms. The highest BCUT2D eigenvalue weighted by Crippen LogP contribution is 2.38. The van der Waals surface area contributed by atoms with Gasteiger partial charge in [-0.1, -0.05) is 11.6 Å². The topological polar surface area (TPSA) is 141 Å². The first-order valence-electron chi connectivity index (χ1n) is 8.49. The van der Waals surface area contributed by atoms with E-state index in [0.29, 0.717) is 0 Å². The normalized spacial score (nSPS) is 27.2. The van der Waals surface area contributed by atoms with Gasteiger partial charge >= 0.3 is 29.8 Å². The van der Waals surface area contributed by atoms with Crippen molar-refractivity contribution in [1.29, 1.82) is 0 Å². The largest absolute Gasteiger partial charge is 0.466 e. The van der Waals surface area contributed by atoms with E-state index in [4.69, 9.17) is 35.3 Å². The van der Waals surface area contributed by atoms with Gasteiger partial charge in [-0.25, -0.2) is 4.79 Å². The number of carbonyl (C=O) groups is 5. The lowest BCUT2D eigenvalue weighted by Gasteiger charge is -2.44. The minimum Gasteiger partial charge on any atom is -0.466 e. The molecule has 0 aromatic rings. The van der Waals surface area contributed by atoms with Gasteiger partial charge in [0.1, 0.15) is 18.8 Å². The average molecular weight is 439 g/mol. The Kier molecular flexibility index (Phi) is 8.83. The Morgan fingerprint density at radius 1 is 1.00 bits per heavy atom.